The third-order valence-electron chi connectivity index (χ3n) is 5.50. The molecule has 3 aromatic carbocycles. The number of aryl methyl sites for hydroxylation is 1. The second-order valence-corrected chi connectivity index (χ2v) is 8.26. The van der Waals surface area contributed by atoms with Crippen molar-refractivity contribution < 1.29 is 24.2 Å². The molecule has 1 saturated heterocycles. The Morgan fingerprint density at radius 1 is 1.00 bits per heavy atom. The van der Waals surface area contributed by atoms with Gasteiger partial charge in [0.25, 0.3) is 0 Å². The van der Waals surface area contributed by atoms with Gasteiger partial charge < -0.3 is 14.6 Å². The lowest BCUT2D eigenvalue weighted by atomic mass is 9.98. The summed E-state index contributed by atoms with van der Waals surface area (Å²) in [5, 5.41) is 9.90. The van der Waals surface area contributed by atoms with Gasteiger partial charge in [-0.05, 0) is 55.0 Å². The van der Waals surface area contributed by atoms with Crippen molar-refractivity contribution in [2.24, 2.45) is 0 Å². The predicted octanol–water partition coefficient (Wildman–Crippen LogP) is 4.31. The van der Waals surface area contributed by atoms with E-state index in [0.717, 1.165) is 16.7 Å². The SMILES string of the molecule is Cc1ccc(C#Cc2ccc(C(=O)OC[C@@]3(CO)C/C(=C\c4ccccc4)C(=O)O3)cc2)cc1. The Bertz CT molecular complexity index is 1260. The molecule has 1 aliphatic rings. The van der Waals surface area contributed by atoms with Gasteiger partial charge in [0, 0.05) is 23.1 Å². The monoisotopic (exact) mass is 452 g/mol. The van der Waals surface area contributed by atoms with E-state index in [4.69, 9.17) is 9.47 Å². The minimum atomic E-state index is -1.28. The van der Waals surface area contributed by atoms with Gasteiger partial charge >= 0.3 is 11.9 Å². The third-order valence-corrected chi connectivity index (χ3v) is 5.50. The lowest BCUT2D eigenvalue weighted by molar-refractivity contribution is -0.154. The summed E-state index contributed by atoms with van der Waals surface area (Å²) < 4.78 is 10.8. The molecule has 1 atom stereocenters. The summed E-state index contributed by atoms with van der Waals surface area (Å²) in [4.78, 5) is 24.9. The fraction of sp³-hybridized carbons (Fsp3) is 0.172. The Kier molecular flexibility index (Phi) is 6.91. The molecule has 1 fully saturated rings. The molecule has 34 heavy (non-hydrogen) atoms. The van der Waals surface area contributed by atoms with Crippen LogP contribution in [0.1, 0.15) is 39.0 Å². The highest BCUT2D eigenvalue weighted by molar-refractivity contribution is 5.96. The first kappa shape index (κ1) is 23.0. The Morgan fingerprint density at radius 2 is 1.62 bits per heavy atom. The summed E-state index contributed by atoms with van der Waals surface area (Å²) in [6.45, 7) is 1.33. The molecule has 1 heterocycles. The molecule has 3 aromatic rings. The van der Waals surface area contributed by atoms with Crippen LogP contribution in [-0.2, 0) is 14.3 Å². The number of cyclic esters (lactones) is 1. The molecule has 0 unspecified atom stereocenters. The second-order valence-electron chi connectivity index (χ2n) is 8.26. The van der Waals surface area contributed by atoms with Crippen molar-refractivity contribution in [3.05, 3.63) is 112 Å². The van der Waals surface area contributed by atoms with E-state index in [1.165, 1.54) is 5.56 Å². The molecule has 0 radical (unpaired) electrons. The quantitative estimate of drug-likeness (QED) is 0.355. The zero-order valence-corrected chi connectivity index (χ0v) is 18.8. The normalized spacial score (nSPS) is 18.2. The Hall–Kier alpha value is -4.14. The lowest BCUT2D eigenvalue weighted by Crippen LogP contribution is -2.39. The van der Waals surface area contributed by atoms with E-state index in [1.807, 2.05) is 61.5 Å². The fourth-order valence-electron chi connectivity index (χ4n) is 3.54. The maximum atomic E-state index is 12.5. The van der Waals surface area contributed by atoms with E-state index >= 15 is 0 Å². The third kappa shape index (κ3) is 5.61. The summed E-state index contributed by atoms with van der Waals surface area (Å²) in [5.41, 5.74) is 3.19. The first-order chi connectivity index (χ1) is 16.5. The summed E-state index contributed by atoms with van der Waals surface area (Å²) in [6, 6.07) is 24.0. The molecule has 0 bridgehead atoms. The van der Waals surface area contributed by atoms with Crippen LogP contribution < -0.4 is 0 Å². The zero-order valence-electron chi connectivity index (χ0n) is 18.8. The van der Waals surface area contributed by atoms with Crippen molar-refractivity contribution in [3.8, 4) is 11.8 Å². The van der Waals surface area contributed by atoms with Crippen LogP contribution in [-0.4, -0.2) is 35.9 Å². The molecule has 4 rings (SSSR count). The van der Waals surface area contributed by atoms with Gasteiger partial charge in [-0.15, -0.1) is 0 Å². The number of carbonyl (C=O) groups is 2. The topological polar surface area (TPSA) is 72.8 Å². The van der Waals surface area contributed by atoms with E-state index in [2.05, 4.69) is 11.8 Å². The Morgan fingerprint density at radius 3 is 2.24 bits per heavy atom. The van der Waals surface area contributed by atoms with Crippen molar-refractivity contribution in [2.45, 2.75) is 18.9 Å². The number of aliphatic hydroxyl groups is 1. The molecule has 1 aliphatic heterocycles. The minimum Gasteiger partial charge on any atom is -0.458 e. The van der Waals surface area contributed by atoms with Gasteiger partial charge in [0.1, 0.15) is 6.61 Å². The fourth-order valence-corrected chi connectivity index (χ4v) is 3.54. The minimum absolute atomic E-state index is 0.151. The highest BCUT2D eigenvalue weighted by Crippen LogP contribution is 2.32. The van der Waals surface area contributed by atoms with Crippen LogP contribution in [0.25, 0.3) is 6.08 Å². The van der Waals surface area contributed by atoms with Crippen LogP contribution >= 0.6 is 0 Å². The molecule has 0 spiro atoms. The molecule has 1 N–H and O–H groups in total. The second kappa shape index (κ2) is 10.2. The zero-order chi connectivity index (χ0) is 24.0. The highest BCUT2D eigenvalue weighted by atomic mass is 16.6. The average molecular weight is 453 g/mol. The molecule has 0 amide bonds. The molecule has 0 saturated carbocycles. The van der Waals surface area contributed by atoms with Gasteiger partial charge in [0.2, 0.25) is 0 Å². The van der Waals surface area contributed by atoms with Gasteiger partial charge in [0.15, 0.2) is 5.60 Å². The van der Waals surface area contributed by atoms with Crippen LogP contribution in [0.5, 0.6) is 0 Å². The van der Waals surface area contributed by atoms with Crippen molar-refractivity contribution in [1.29, 1.82) is 0 Å². The molecule has 170 valence electrons. The lowest BCUT2D eigenvalue weighted by Gasteiger charge is -2.24. The van der Waals surface area contributed by atoms with Crippen LogP contribution in [0.15, 0.2) is 84.4 Å². The van der Waals surface area contributed by atoms with Crippen molar-refractivity contribution in [2.75, 3.05) is 13.2 Å². The van der Waals surface area contributed by atoms with Crippen LogP contribution in [0.4, 0.5) is 0 Å². The van der Waals surface area contributed by atoms with E-state index in [-0.39, 0.29) is 13.0 Å². The first-order valence-corrected chi connectivity index (χ1v) is 10.9. The summed E-state index contributed by atoms with van der Waals surface area (Å²) in [5.74, 6) is 5.07. The summed E-state index contributed by atoms with van der Waals surface area (Å²) in [6.07, 6.45) is 1.87. The number of hydrogen-bond acceptors (Lipinski definition) is 5. The molecule has 0 aliphatic carbocycles. The van der Waals surface area contributed by atoms with Gasteiger partial charge in [0.05, 0.1) is 12.2 Å². The van der Waals surface area contributed by atoms with Crippen LogP contribution in [0.2, 0.25) is 0 Å². The predicted molar refractivity (Wildman–Crippen MR) is 129 cm³/mol. The number of ether oxygens (including phenoxy) is 2. The van der Waals surface area contributed by atoms with Gasteiger partial charge in [-0.1, -0.05) is 59.9 Å². The van der Waals surface area contributed by atoms with E-state index in [0.29, 0.717) is 11.1 Å². The first-order valence-electron chi connectivity index (χ1n) is 10.9. The average Bonchev–Trinajstić information content (AvgIpc) is 3.18. The number of aliphatic hydroxyl groups excluding tert-OH is 1. The maximum absolute atomic E-state index is 12.5. The van der Waals surface area contributed by atoms with Gasteiger partial charge in [-0.2, -0.15) is 0 Å². The van der Waals surface area contributed by atoms with Crippen molar-refractivity contribution >= 4 is 18.0 Å². The van der Waals surface area contributed by atoms with Crippen LogP contribution in [0, 0.1) is 18.8 Å². The number of esters is 2. The van der Waals surface area contributed by atoms with Crippen molar-refractivity contribution in [1.82, 2.24) is 0 Å². The molecule has 0 aromatic heterocycles. The number of rotatable bonds is 5. The van der Waals surface area contributed by atoms with Gasteiger partial charge in [-0.3, -0.25) is 0 Å². The maximum Gasteiger partial charge on any atom is 0.338 e. The largest absolute Gasteiger partial charge is 0.458 e. The van der Waals surface area contributed by atoms with E-state index in [9.17, 15) is 14.7 Å². The number of hydrogen-bond donors (Lipinski definition) is 1. The number of benzene rings is 3. The Labute approximate surface area is 198 Å². The van der Waals surface area contributed by atoms with Gasteiger partial charge in [-0.25, -0.2) is 9.59 Å². The molecule has 5 heteroatoms. The van der Waals surface area contributed by atoms with E-state index < -0.39 is 24.1 Å². The number of carbonyl (C=O) groups excluding carboxylic acids is 2. The molecular formula is C29H24O5. The van der Waals surface area contributed by atoms with Crippen molar-refractivity contribution in [3.63, 3.8) is 0 Å². The smallest absolute Gasteiger partial charge is 0.338 e. The molecular weight excluding hydrogens is 428 g/mol. The molecule has 5 nitrogen and oxygen atoms in total. The standard InChI is InChI=1S/C29H24O5/c1-21-7-9-22(10-8-21)11-12-23-13-15-25(16-14-23)27(31)33-20-29(19-30)18-26(28(32)34-29)17-24-5-3-2-4-6-24/h2-10,13-17,30H,18-20H2,1H3/b26-17+/t29-/m0/s1. The van der Waals surface area contributed by atoms with Crippen LogP contribution in [0.3, 0.4) is 0 Å². The highest BCUT2D eigenvalue weighted by Gasteiger charge is 2.44. The Balaban J connectivity index is 1.38. The summed E-state index contributed by atoms with van der Waals surface area (Å²) >= 11 is 0. The van der Waals surface area contributed by atoms with E-state index in [1.54, 1.807) is 30.3 Å². The summed E-state index contributed by atoms with van der Waals surface area (Å²) in [7, 11) is 0.